The SMILES string of the molecule is CCOC(=O)c1cc(NC(=O)CN(c2cc(OC)ccc2OC)S(=O)(=O)c2ccc(C)cc2)ccc1Cl. The van der Waals surface area contributed by atoms with E-state index in [4.69, 9.17) is 25.8 Å². The summed E-state index contributed by atoms with van der Waals surface area (Å²) in [5.74, 6) is -0.719. The van der Waals surface area contributed by atoms with Gasteiger partial charge in [0.25, 0.3) is 10.0 Å². The maximum atomic E-state index is 13.7. The topological polar surface area (TPSA) is 111 Å². The molecular formula is C26H27ClN2O7S. The number of nitrogens with zero attached hydrogens (tertiary/aromatic N) is 1. The highest BCUT2D eigenvalue weighted by atomic mass is 35.5. The number of carbonyl (C=O) groups excluding carboxylic acids is 2. The summed E-state index contributed by atoms with van der Waals surface area (Å²) in [6.07, 6.45) is 0. The molecule has 3 rings (SSSR count). The van der Waals surface area contributed by atoms with Gasteiger partial charge in [0.05, 0.1) is 42.0 Å². The summed E-state index contributed by atoms with van der Waals surface area (Å²) >= 11 is 6.10. The standard InChI is InChI=1S/C26H27ClN2O7S/c1-5-36-26(31)21-14-18(8-12-22(21)27)28-25(30)16-29(23-15-19(34-3)9-13-24(23)35-4)37(32,33)20-10-6-17(2)7-11-20/h6-15H,5,16H2,1-4H3,(H,28,30). The number of amides is 1. The molecule has 0 saturated heterocycles. The number of carbonyl (C=O) groups is 2. The monoisotopic (exact) mass is 546 g/mol. The first kappa shape index (κ1) is 27.8. The van der Waals surface area contributed by atoms with Crippen LogP contribution >= 0.6 is 11.6 Å². The summed E-state index contributed by atoms with van der Waals surface area (Å²) in [5, 5.41) is 2.78. The number of sulfonamides is 1. The van der Waals surface area contributed by atoms with E-state index in [2.05, 4.69) is 5.32 Å². The van der Waals surface area contributed by atoms with Crippen LogP contribution in [0.25, 0.3) is 0 Å². The highest BCUT2D eigenvalue weighted by Crippen LogP contribution is 2.35. The Morgan fingerprint density at radius 2 is 1.68 bits per heavy atom. The second kappa shape index (κ2) is 12.0. The largest absolute Gasteiger partial charge is 0.497 e. The molecular weight excluding hydrogens is 520 g/mol. The van der Waals surface area contributed by atoms with Crippen molar-refractivity contribution in [3.8, 4) is 11.5 Å². The summed E-state index contributed by atoms with van der Waals surface area (Å²) < 4.78 is 44.1. The van der Waals surface area contributed by atoms with Crippen molar-refractivity contribution in [2.24, 2.45) is 0 Å². The van der Waals surface area contributed by atoms with Crippen molar-refractivity contribution in [3.05, 3.63) is 76.8 Å². The molecule has 37 heavy (non-hydrogen) atoms. The maximum absolute atomic E-state index is 13.7. The van der Waals surface area contributed by atoms with Gasteiger partial charge in [-0.2, -0.15) is 0 Å². The third kappa shape index (κ3) is 6.52. The summed E-state index contributed by atoms with van der Waals surface area (Å²) in [5.41, 5.74) is 1.30. The number of methoxy groups -OCH3 is 2. The van der Waals surface area contributed by atoms with E-state index in [9.17, 15) is 18.0 Å². The van der Waals surface area contributed by atoms with Crippen molar-refractivity contribution in [1.82, 2.24) is 0 Å². The summed E-state index contributed by atoms with van der Waals surface area (Å²) in [6, 6.07) is 15.2. The van der Waals surface area contributed by atoms with Gasteiger partial charge >= 0.3 is 5.97 Å². The van der Waals surface area contributed by atoms with Gasteiger partial charge < -0.3 is 19.5 Å². The lowest BCUT2D eigenvalue weighted by Crippen LogP contribution is -2.38. The van der Waals surface area contributed by atoms with Crippen LogP contribution in [0.5, 0.6) is 11.5 Å². The number of nitrogens with one attached hydrogen (secondary N) is 1. The Kier molecular flexibility index (Phi) is 9.01. The molecule has 0 heterocycles. The third-order valence-electron chi connectivity index (χ3n) is 5.30. The molecule has 0 bridgehead atoms. The van der Waals surface area contributed by atoms with Gasteiger partial charge in [0, 0.05) is 11.8 Å². The number of hydrogen-bond acceptors (Lipinski definition) is 7. The Morgan fingerprint density at radius 1 is 0.973 bits per heavy atom. The van der Waals surface area contributed by atoms with Crippen LogP contribution in [0, 0.1) is 6.92 Å². The van der Waals surface area contributed by atoms with Crippen LogP contribution < -0.4 is 19.1 Å². The van der Waals surface area contributed by atoms with Gasteiger partial charge in [-0.15, -0.1) is 0 Å². The van der Waals surface area contributed by atoms with E-state index in [0.717, 1.165) is 9.87 Å². The third-order valence-corrected chi connectivity index (χ3v) is 7.40. The molecule has 0 aliphatic rings. The second-order valence-electron chi connectivity index (χ2n) is 7.83. The normalized spacial score (nSPS) is 10.9. The average molecular weight is 547 g/mol. The molecule has 0 atom stereocenters. The molecule has 196 valence electrons. The van der Waals surface area contributed by atoms with Crippen LogP contribution in [0.15, 0.2) is 65.6 Å². The Labute approximate surface area is 221 Å². The van der Waals surface area contributed by atoms with Crippen LogP contribution in [-0.2, 0) is 19.6 Å². The van der Waals surface area contributed by atoms with E-state index in [1.54, 1.807) is 31.2 Å². The fourth-order valence-corrected chi connectivity index (χ4v) is 5.05. The molecule has 1 amide bonds. The van der Waals surface area contributed by atoms with Crippen molar-refractivity contribution in [2.75, 3.05) is 37.0 Å². The molecule has 0 unspecified atom stereocenters. The first-order valence-corrected chi connectivity index (χ1v) is 13.0. The number of ether oxygens (including phenoxy) is 3. The zero-order valence-corrected chi connectivity index (χ0v) is 22.4. The number of benzene rings is 3. The molecule has 0 aromatic heterocycles. The molecule has 0 radical (unpaired) electrons. The molecule has 0 aliphatic carbocycles. The number of hydrogen-bond donors (Lipinski definition) is 1. The van der Waals surface area contributed by atoms with Gasteiger partial charge in [-0.05, 0) is 56.3 Å². The Morgan fingerprint density at radius 3 is 2.30 bits per heavy atom. The summed E-state index contributed by atoms with van der Waals surface area (Å²) in [6.45, 7) is 3.05. The molecule has 3 aromatic carbocycles. The van der Waals surface area contributed by atoms with Crippen molar-refractivity contribution in [3.63, 3.8) is 0 Å². The fraction of sp³-hybridized carbons (Fsp3) is 0.231. The molecule has 3 aromatic rings. The van der Waals surface area contributed by atoms with Gasteiger partial charge in [0.15, 0.2) is 0 Å². The van der Waals surface area contributed by atoms with Crippen molar-refractivity contribution >= 4 is 44.9 Å². The summed E-state index contributed by atoms with van der Waals surface area (Å²) in [7, 11) is -1.37. The van der Waals surface area contributed by atoms with Crippen LogP contribution in [0.2, 0.25) is 5.02 Å². The lowest BCUT2D eigenvalue weighted by atomic mass is 10.2. The van der Waals surface area contributed by atoms with E-state index in [1.165, 1.54) is 50.6 Å². The van der Waals surface area contributed by atoms with E-state index in [-0.39, 0.29) is 39.2 Å². The maximum Gasteiger partial charge on any atom is 0.339 e. The highest BCUT2D eigenvalue weighted by Gasteiger charge is 2.30. The lowest BCUT2D eigenvalue weighted by molar-refractivity contribution is -0.114. The van der Waals surface area contributed by atoms with Crippen molar-refractivity contribution in [1.29, 1.82) is 0 Å². The van der Waals surface area contributed by atoms with E-state index < -0.39 is 28.4 Å². The summed E-state index contributed by atoms with van der Waals surface area (Å²) in [4.78, 5) is 25.3. The fourth-order valence-electron chi connectivity index (χ4n) is 3.43. The molecule has 0 aliphatic heterocycles. The lowest BCUT2D eigenvalue weighted by Gasteiger charge is -2.26. The van der Waals surface area contributed by atoms with Crippen molar-refractivity contribution < 1.29 is 32.2 Å². The smallest absolute Gasteiger partial charge is 0.339 e. The van der Waals surface area contributed by atoms with Gasteiger partial charge in [0.2, 0.25) is 5.91 Å². The highest BCUT2D eigenvalue weighted by molar-refractivity contribution is 7.92. The van der Waals surface area contributed by atoms with Crippen LogP contribution in [-0.4, -0.2) is 47.7 Å². The van der Waals surface area contributed by atoms with Gasteiger partial charge in [0.1, 0.15) is 18.0 Å². The zero-order valence-electron chi connectivity index (χ0n) is 20.8. The minimum Gasteiger partial charge on any atom is -0.497 e. The van der Waals surface area contributed by atoms with Gasteiger partial charge in [-0.25, -0.2) is 13.2 Å². The van der Waals surface area contributed by atoms with Gasteiger partial charge in [-0.1, -0.05) is 29.3 Å². The molecule has 0 fully saturated rings. The molecule has 11 heteroatoms. The van der Waals surface area contributed by atoms with Crippen LogP contribution in [0.1, 0.15) is 22.8 Å². The number of anilines is 2. The number of halogens is 1. The number of rotatable bonds is 10. The first-order chi connectivity index (χ1) is 17.6. The zero-order chi connectivity index (χ0) is 27.2. The Bertz CT molecular complexity index is 1390. The predicted molar refractivity (Wildman–Crippen MR) is 141 cm³/mol. The van der Waals surface area contributed by atoms with E-state index in [1.807, 2.05) is 6.92 Å². The molecule has 0 spiro atoms. The average Bonchev–Trinajstić information content (AvgIpc) is 2.88. The minimum absolute atomic E-state index is 0.00753. The minimum atomic E-state index is -4.21. The van der Waals surface area contributed by atoms with E-state index >= 15 is 0 Å². The quantitative estimate of drug-likeness (QED) is 0.368. The molecule has 9 nitrogen and oxygen atoms in total. The van der Waals surface area contributed by atoms with E-state index in [0.29, 0.717) is 5.75 Å². The van der Waals surface area contributed by atoms with Crippen molar-refractivity contribution in [2.45, 2.75) is 18.7 Å². The second-order valence-corrected chi connectivity index (χ2v) is 10.1. The predicted octanol–water partition coefficient (Wildman–Crippen LogP) is 4.68. The number of aryl methyl sites for hydroxylation is 1. The Balaban J connectivity index is 2.01. The van der Waals surface area contributed by atoms with Gasteiger partial charge in [-0.3, -0.25) is 9.10 Å². The number of esters is 1. The van der Waals surface area contributed by atoms with Crippen LogP contribution in [0.4, 0.5) is 11.4 Å². The Hall–Kier alpha value is -3.76. The molecule has 1 N–H and O–H groups in total. The first-order valence-electron chi connectivity index (χ1n) is 11.2. The van der Waals surface area contributed by atoms with Crippen LogP contribution in [0.3, 0.4) is 0 Å². The molecule has 0 saturated carbocycles.